The average Bonchev–Trinajstić information content (AvgIpc) is 3.01. The molecule has 4 rings (SSSR count). The minimum Gasteiger partial charge on any atom is -0.123 e. The van der Waals surface area contributed by atoms with Crippen molar-refractivity contribution < 1.29 is 0 Å². The highest BCUT2D eigenvalue weighted by Gasteiger charge is 2.66. The van der Waals surface area contributed by atoms with Gasteiger partial charge in [-0.1, -0.05) is 85.7 Å². The highest BCUT2D eigenvalue weighted by molar-refractivity contribution is 9.12. The van der Waals surface area contributed by atoms with Gasteiger partial charge in [0, 0.05) is 14.5 Å². The Morgan fingerprint density at radius 1 is 0.967 bits per heavy atom. The predicted molar refractivity (Wildman–Crippen MR) is 139 cm³/mol. The summed E-state index contributed by atoms with van der Waals surface area (Å²) < 4.78 is 0.182. The molecule has 0 aromatic carbocycles. The molecular formula is C27H45Br2Cl. The molecule has 4 fully saturated rings. The molecule has 0 N–H and O–H groups in total. The van der Waals surface area contributed by atoms with Crippen molar-refractivity contribution in [2.24, 2.45) is 46.3 Å². The lowest BCUT2D eigenvalue weighted by atomic mass is 9.44. The van der Waals surface area contributed by atoms with Crippen LogP contribution < -0.4 is 0 Å². The minimum absolute atomic E-state index is 0.182. The molecule has 0 unspecified atom stereocenters. The SMILES string of the molecule is CC(C)CCC[C@H](C)[C@H]1CC[C@H]2[C@@H]3C[C@@H](Br)[C@@]4(Br)C[C@@H](Cl)CC[C@]4(C)[C@H]3CC[C@]12C. The number of hydrogen-bond donors (Lipinski definition) is 0. The first-order valence-electron chi connectivity index (χ1n) is 13.0. The van der Waals surface area contributed by atoms with Crippen molar-refractivity contribution in [1.82, 2.24) is 0 Å². The molecule has 3 heteroatoms. The Bertz CT molecular complexity index is 622. The van der Waals surface area contributed by atoms with Gasteiger partial charge in [-0.15, -0.1) is 11.6 Å². The van der Waals surface area contributed by atoms with Crippen molar-refractivity contribution >= 4 is 43.5 Å². The number of fused-ring (bicyclic) bond motifs is 5. The fraction of sp³-hybridized carbons (Fsp3) is 1.00. The Kier molecular flexibility index (Phi) is 7.15. The molecule has 4 saturated carbocycles. The molecule has 0 nitrogen and oxygen atoms in total. The summed E-state index contributed by atoms with van der Waals surface area (Å²) >= 11 is 15.2. The van der Waals surface area contributed by atoms with Gasteiger partial charge in [0.1, 0.15) is 0 Å². The third kappa shape index (κ3) is 3.81. The highest BCUT2D eigenvalue weighted by atomic mass is 79.9. The van der Waals surface area contributed by atoms with Crippen LogP contribution in [0.1, 0.15) is 105 Å². The van der Waals surface area contributed by atoms with Crippen molar-refractivity contribution in [2.75, 3.05) is 0 Å². The van der Waals surface area contributed by atoms with Gasteiger partial charge in [0.2, 0.25) is 0 Å². The maximum atomic E-state index is 6.70. The van der Waals surface area contributed by atoms with Crippen molar-refractivity contribution in [3.63, 3.8) is 0 Å². The Morgan fingerprint density at radius 2 is 1.70 bits per heavy atom. The van der Waals surface area contributed by atoms with Crippen LogP contribution in [-0.2, 0) is 0 Å². The van der Waals surface area contributed by atoms with Crippen LogP contribution in [0.15, 0.2) is 0 Å². The van der Waals surface area contributed by atoms with E-state index in [2.05, 4.69) is 66.5 Å². The standard InChI is InChI=1S/C27H45Br2Cl/c1-17(2)7-6-8-18(3)21-9-10-22-20-15-24(28)27(29)16-19(30)11-14-26(27,5)23(20)12-13-25(21,22)4/h17-24H,6-16H2,1-5H3/t18-,19-,20-,21+,22-,23-,24+,25+,26+,27-/m0/s1. The van der Waals surface area contributed by atoms with E-state index in [-0.39, 0.29) is 4.32 Å². The van der Waals surface area contributed by atoms with Crippen LogP contribution in [0.3, 0.4) is 0 Å². The van der Waals surface area contributed by atoms with Crippen LogP contribution in [0.4, 0.5) is 0 Å². The fourth-order valence-corrected chi connectivity index (χ4v) is 11.9. The van der Waals surface area contributed by atoms with Crippen LogP contribution in [0.5, 0.6) is 0 Å². The second kappa shape index (κ2) is 8.79. The smallest absolute Gasteiger partial charge is 0.0453 e. The third-order valence-corrected chi connectivity index (χ3v) is 14.8. The summed E-state index contributed by atoms with van der Waals surface area (Å²) in [5, 5.41) is 0.338. The first-order chi connectivity index (χ1) is 14.0. The monoisotopic (exact) mass is 562 g/mol. The zero-order chi connectivity index (χ0) is 21.9. The molecule has 0 radical (unpaired) electrons. The highest BCUT2D eigenvalue weighted by Crippen LogP contribution is 2.71. The first kappa shape index (κ1) is 24.4. The predicted octanol–water partition coefficient (Wildman–Crippen LogP) is 9.61. The van der Waals surface area contributed by atoms with E-state index in [9.17, 15) is 0 Å². The Morgan fingerprint density at radius 3 is 2.40 bits per heavy atom. The topological polar surface area (TPSA) is 0 Å². The van der Waals surface area contributed by atoms with Crippen LogP contribution in [0.25, 0.3) is 0 Å². The van der Waals surface area contributed by atoms with E-state index in [0.717, 1.165) is 41.9 Å². The van der Waals surface area contributed by atoms with E-state index < -0.39 is 0 Å². The second-order valence-corrected chi connectivity index (χ2v) is 15.9. The van der Waals surface area contributed by atoms with Gasteiger partial charge in [0.15, 0.2) is 0 Å². The van der Waals surface area contributed by atoms with E-state index >= 15 is 0 Å². The van der Waals surface area contributed by atoms with E-state index in [1.165, 1.54) is 64.2 Å². The second-order valence-electron chi connectivity index (χ2n) is 12.7. The molecule has 30 heavy (non-hydrogen) atoms. The van der Waals surface area contributed by atoms with E-state index in [1.807, 2.05) is 0 Å². The molecule has 0 aliphatic heterocycles. The zero-order valence-corrected chi connectivity index (χ0v) is 24.0. The van der Waals surface area contributed by atoms with Gasteiger partial charge in [0.25, 0.3) is 0 Å². The van der Waals surface area contributed by atoms with Gasteiger partial charge in [-0.2, -0.15) is 0 Å². The number of hydrogen-bond acceptors (Lipinski definition) is 0. The molecule has 0 saturated heterocycles. The van der Waals surface area contributed by atoms with Gasteiger partial charge in [-0.05, 0) is 97.7 Å². The van der Waals surface area contributed by atoms with E-state index in [1.54, 1.807) is 0 Å². The van der Waals surface area contributed by atoms with Gasteiger partial charge >= 0.3 is 0 Å². The van der Waals surface area contributed by atoms with Gasteiger partial charge in [-0.25, -0.2) is 0 Å². The largest absolute Gasteiger partial charge is 0.123 e. The van der Waals surface area contributed by atoms with Gasteiger partial charge < -0.3 is 0 Å². The molecular weight excluding hydrogens is 520 g/mol. The van der Waals surface area contributed by atoms with Crippen molar-refractivity contribution in [3.05, 3.63) is 0 Å². The zero-order valence-electron chi connectivity index (χ0n) is 20.0. The summed E-state index contributed by atoms with van der Waals surface area (Å²) in [5.74, 6) is 5.43. The summed E-state index contributed by atoms with van der Waals surface area (Å²) in [6.07, 6.45) is 15.1. The van der Waals surface area contributed by atoms with E-state index in [4.69, 9.17) is 11.6 Å². The summed E-state index contributed by atoms with van der Waals surface area (Å²) in [4.78, 5) is 0.558. The fourth-order valence-electron chi connectivity index (χ4n) is 9.16. The first-order valence-corrected chi connectivity index (χ1v) is 15.1. The van der Waals surface area contributed by atoms with Crippen LogP contribution in [0.2, 0.25) is 0 Å². The average molecular weight is 565 g/mol. The Balaban J connectivity index is 1.53. The number of alkyl halides is 3. The lowest BCUT2D eigenvalue weighted by Crippen LogP contribution is -2.64. The van der Waals surface area contributed by atoms with Crippen molar-refractivity contribution in [1.29, 1.82) is 0 Å². The minimum atomic E-state index is 0.182. The summed E-state index contributed by atoms with van der Waals surface area (Å²) in [7, 11) is 0. The van der Waals surface area contributed by atoms with Crippen LogP contribution in [-0.4, -0.2) is 14.5 Å². The molecule has 0 bridgehead atoms. The Hall–Kier alpha value is 1.25. The maximum absolute atomic E-state index is 6.70. The molecule has 10 atom stereocenters. The Labute approximate surface area is 208 Å². The van der Waals surface area contributed by atoms with Crippen molar-refractivity contribution in [2.45, 2.75) is 120 Å². The maximum Gasteiger partial charge on any atom is 0.0453 e. The number of halogens is 3. The molecule has 0 spiro atoms. The van der Waals surface area contributed by atoms with Gasteiger partial charge in [0.05, 0.1) is 0 Å². The summed E-state index contributed by atoms with van der Waals surface area (Å²) in [6.45, 7) is 12.7. The molecule has 0 heterocycles. The molecule has 0 aromatic rings. The van der Waals surface area contributed by atoms with E-state index in [0.29, 0.717) is 21.0 Å². The quantitative estimate of drug-likeness (QED) is 0.292. The number of rotatable bonds is 5. The van der Waals surface area contributed by atoms with Crippen LogP contribution >= 0.6 is 43.5 Å². The molecule has 174 valence electrons. The lowest BCUT2D eigenvalue weighted by molar-refractivity contribution is -0.0971. The normalized spacial score (nSPS) is 51.9. The third-order valence-electron chi connectivity index (χ3n) is 10.9. The molecule has 4 aliphatic carbocycles. The van der Waals surface area contributed by atoms with Crippen LogP contribution in [0, 0.1) is 46.3 Å². The molecule has 0 amide bonds. The molecule has 0 aromatic heterocycles. The van der Waals surface area contributed by atoms with Gasteiger partial charge in [-0.3, -0.25) is 0 Å². The van der Waals surface area contributed by atoms with Crippen molar-refractivity contribution in [3.8, 4) is 0 Å². The molecule has 4 aliphatic rings. The summed E-state index contributed by atoms with van der Waals surface area (Å²) in [5.41, 5.74) is 0.968. The summed E-state index contributed by atoms with van der Waals surface area (Å²) in [6, 6.07) is 0. The lowest BCUT2D eigenvalue weighted by Gasteiger charge is -2.65.